The van der Waals surface area contributed by atoms with Gasteiger partial charge < -0.3 is 9.47 Å². The molecule has 202 valence electrons. The fraction of sp³-hybridized carbons (Fsp3) is 0.333. The Kier molecular flexibility index (Phi) is 7.60. The zero-order valence-electron chi connectivity index (χ0n) is 20.9. The standard InChI is InChI=1S/C27H24F5NO4S/c1-13(2)37-21-10-5-7-15(23(21)29)22-14(3)16(11-17-18(27(30,31)32)8-6-9-19(17)28)25-33(24(22)34)20(12-38-25)26(35)36-4/h5-10,13,20H,11-12H2,1-4H3. The second-order valence-electron chi connectivity index (χ2n) is 9.03. The molecule has 4 rings (SSSR count). The van der Waals surface area contributed by atoms with E-state index in [4.69, 9.17) is 9.47 Å². The van der Waals surface area contributed by atoms with E-state index >= 15 is 4.39 Å². The summed E-state index contributed by atoms with van der Waals surface area (Å²) >= 11 is 1.07. The maximum absolute atomic E-state index is 15.6. The molecule has 38 heavy (non-hydrogen) atoms. The number of pyridine rings is 1. The Hall–Kier alpha value is -3.34. The molecule has 1 atom stereocenters. The number of carbonyl (C=O) groups is 1. The summed E-state index contributed by atoms with van der Waals surface area (Å²) in [6.07, 6.45) is -5.75. The topological polar surface area (TPSA) is 57.5 Å². The number of methoxy groups -OCH3 is 1. The summed E-state index contributed by atoms with van der Waals surface area (Å²) in [5, 5.41) is 0.207. The van der Waals surface area contributed by atoms with Crippen LogP contribution in [-0.4, -0.2) is 29.5 Å². The second kappa shape index (κ2) is 10.4. The molecule has 11 heteroatoms. The van der Waals surface area contributed by atoms with Crippen LogP contribution in [-0.2, 0) is 22.1 Å². The van der Waals surface area contributed by atoms with Gasteiger partial charge in [0.2, 0.25) is 0 Å². The monoisotopic (exact) mass is 553 g/mol. The van der Waals surface area contributed by atoms with Crippen LogP contribution in [0.25, 0.3) is 11.1 Å². The van der Waals surface area contributed by atoms with Gasteiger partial charge in [-0.25, -0.2) is 13.6 Å². The molecule has 0 N–H and O–H groups in total. The van der Waals surface area contributed by atoms with Crippen molar-refractivity contribution >= 4 is 17.7 Å². The van der Waals surface area contributed by atoms with E-state index in [0.717, 1.165) is 41.6 Å². The number of alkyl halides is 3. The predicted molar refractivity (Wildman–Crippen MR) is 133 cm³/mol. The highest BCUT2D eigenvalue weighted by molar-refractivity contribution is 7.99. The van der Waals surface area contributed by atoms with Gasteiger partial charge in [0.25, 0.3) is 5.56 Å². The third-order valence-electron chi connectivity index (χ3n) is 6.27. The van der Waals surface area contributed by atoms with Gasteiger partial charge in [-0.1, -0.05) is 18.2 Å². The first-order chi connectivity index (χ1) is 17.9. The van der Waals surface area contributed by atoms with Crippen LogP contribution < -0.4 is 10.3 Å². The van der Waals surface area contributed by atoms with Gasteiger partial charge in [-0.05, 0) is 50.1 Å². The van der Waals surface area contributed by atoms with E-state index in [9.17, 15) is 27.2 Å². The molecule has 0 saturated carbocycles. The average molecular weight is 554 g/mol. The van der Waals surface area contributed by atoms with E-state index in [2.05, 4.69) is 0 Å². The van der Waals surface area contributed by atoms with Gasteiger partial charge in [-0.2, -0.15) is 13.2 Å². The van der Waals surface area contributed by atoms with Crippen LogP contribution in [0, 0.1) is 18.6 Å². The van der Waals surface area contributed by atoms with Crippen molar-refractivity contribution in [2.24, 2.45) is 0 Å². The number of ether oxygens (including phenoxy) is 2. The molecule has 0 spiro atoms. The summed E-state index contributed by atoms with van der Waals surface area (Å²) in [6.45, 7) is 4.87. The van der Waals surface area contributed by atoms with E-state index in [0.29, 0.717) is 0 Å². The minimum atomic E-state index is -4.83. The number of fused-ring (bicyclic) bond motifs is 1. The number of hydrogen-bond donors (Lipinski definition) is 0. The highest BCUT2D eigenvalue weighted by Crippen LogP contribution is 2.42. The number of benzene rings is 2. The molecule has 0 bridgehead atoms. The molecule has 0 amide bonds. The van der Waals surface area contributed by atoms with Crippen LogP contribution in [0.3, 0.4) is 0 Å². The van der Waals surface area contributed by atoms with Gasteiger partial charge in [0.15, 0.2) is 11.6 Å². The molecule has 0 aliphatic carbocycles. The van der Waals surface area contributed by atoms with Crippen LogP contribution in [0.1, 0.15) is 42.1 Å². The minimum absolute atomic E-state index is 0.0696. The first kappa shape index (κ1) is 27.7. The molecule has 5 nitrogen and oxygen atoms in total. The molecule has 0 saturated heterocycles. The predicted octanol–water partition coefficient (Wildman–Crippen LogP) is 6.32. The van der Waals surface area contributed by atoms with Gasteiger partial charge in [-0.3, -0.25) is 9.36 Å². The van der Waals surface area contributed by atoms with E-state index in [1.165, 1.54) is 25.1 Å². The Morgan fingerprint density at radius 1 is 1.13 bits per heavy atom. The van der Waals surface area contributed by atoms with E-state index in [-0.39, 0.29) is 44.9 Å². The van der Waals surface area contributed by atoms with Crippen LogP contribution in [0.5, 0.6) is 5.75 Å². The Bertz CT molecular complexity index is 1470. The maximum atomic E-state index is 15.6. The van der Waals surface area contributed by atoms with Gasteiger partial charge in [0, 0.05) is 23.3 Å². The van der Waals surface area contributed by atoms with Crippen molar-refractivity contribution in [3.63, 3.8) is 0 Å². The number of esters is 1. The molecule has 1 aliphatic rings. The van der Waals surface area contributed by atoms with Crippen molar-refractivity contribution < 1.29 is 36.2 Å². The molecule has 0 fully saturated rings. The summed E-state index contributed by atoms with van der Waals surface area (Å²) in [7, 11) is 1.15. The lowest BCUT2D eigenvalue weighted by Gasteiger charge is -2.21. The first-order valence-electron chi connectivity index (χ1n) is 11.7. The quantitative estimate of drug-likeness (QED) is 0.264. The van der Waals surface area contributed by atoms with Gasteiger partial charge in [0.1, 0.15) is 11.9 Å². The van der Waals surface area contributed by atoms with Gasteiger partial charge >= 0.3 is 12.1 Å². The van der Waals surface area contributed by atoms with Gasteiger partial charge in [0.05, 0.1) is 29.4 Å². The molecule has 1 aliphatic heterocycles. The summed E-state index contributed by atoms with van der Waals surface area (Å²) in [5.74, 6) is -2.69. The zero-order chi connectivity index (χ0) is 27.9. The highest BCUT2D eigenvalue weighted by Gasteiger charge is 2.38. The van der Waals surface area contributed by atoms with Crippen molar-refractivity contribution in [2.75, 3.05) is 12.9 Å². The smallest absolute Gasteiger partial charge is 0.416 e. The molecular weight excluding hydrogens is 529 g/mol. The lowest BCUT2D eigenvalue weighted by molar-refractivity contribution is -0.144. The highest BCUT2D eigenvalue weighted by atomic mass is 32.2. The minimum Gasteiger partial charge on any atom is -0.488 e. The number of rotatable bonds is 6. The van der Waals surface area contributed by atoms with Gasteiger partial charge in [-0.15, -0.1) is 11.8 Å². The van der Waals surface area contributed by atoms with E-state index in [1.54, 1.807) is 13.8 Å². The summed E-state index contributed by atoms with van der Waals surface area (Å²) in [4.78, 5) is 26.3. The third kappa shape index (κ3) is 4.91. The molecular formula is C27H24F5NO4S. The molecule has 2 aromatic carbocycles. The number of hydrogen-bond acceptors (Lipinski definition) is 5. The Morgan fingerprint density at radius 3 is 2.45 bits per heavy atom. The fourth-order valence-electron chi connectivity index (χ4n) is 4.57. The van der Waals surface area contributed by atoms with Crippen LogP contribution in [0.2, 0.25) is 0 Å². The van der Waals surface area contributed by atoms with Crippen molar-refractivity contribution in [1.29, 1.82) is 0 Å². The molecule has 1 aromatic heterocycles. The van der Waals surface area contributed by atoms with Crippen molar-refractivity contribution in [1.82, 2.24) is 4.57 Å². The molecule has 0 radical (unpaired) electrons. The fourth-order valence-corrected chi connectivity index (χ4v) is 5.92. The maximum Gasteiger partial charge on any atom is 0.416 e. The lowest BCUT2D eigenvalue weighted by Crippen LogP contribution is -2.32. The number of halogens is 5. The number of aromatic nitrogens is 1. The third-order valence-corrected chi connectivity index (χ3v) is 7.47. The molecule has 2 heterocycles. The van der Waals surface area contributed by atoms with Crippen LogP contribution in [0.15, 0.2) is 46.2 Å². The van der Waals surface area contributed by atoms with Crippen molar-refractivity contribution in [3.05, 3.63) is 80.6 Å². The number of nitrogens with zero attached hydrogens (tertiary/aromatic N) is 1. The van der Waals surface area contributed by atoms with E-state index < -0.39 is 52.9 Å². The number of carbonyl (C=O) groups excluding carboxylic acids is 1. The lowest BCUT2D eigenvalue weighted by atomic mass is 9.92. The molecule has 1 unspecified atom stereocenters. The zero-order valence-corrected chi connectivity index (χ0v) is 21.7. The Labute approximate surface area is 219 Å². The first-order valence-corrected chi connectivity index (χ1v) is 12.6. The average Bonchev–Trinajstić information content (AvgIpc) is 3.29. The van der Waals surface area contributed by atoms with Crippen molar-refractivity contribution in [2.45, 2.75) is 50.5 Å². The SMILES string of the molecule is COC(=O)C1CSc2c(Cc3c(F)cccc3C(F)(F)F)c(C)c(-c3cccc(OC(C)C)c3F)c(=O)n21. The Balaban J connectivity index is 2.03. The van der Waals surface area contributed by atoms with Crippen molar-refractivity contribution in [3.8, 4) is 16.9 Å². The normalized spacial score (nSPS) is 15.1. The van der Waals surface area contributed by atoms with E-state index in [1.807, 2.05) is 0 Å². The largest absolute Gasteiger partial charge is 0.488 e. The summed E-state index contributed by atoms with van der Waals surface area (Å²) in [6, 6.07) is 5.81. The summed E-state index contributed by atoms with van der Waals surface area (Å²) < 4.78 is 83.2. The number of thioether (sulfide) groups is 1. The summed E-state index contributed by atoms with van der Waals surface area (Å²) in [5.41, 5.74) is -2.43. The van der Waals surface area contributed by atoms with Crippen LogP contribution in [0.4, 0.5) is 22.0 Å². The second-order valence-corrected chi connectivity index (χ2v) is 10.0. The Morgan fingerprint density at radius 2 is 1.82 bits per heavy atom. The molecule has 3 aromatic rings. The van der Waals surface area contributed by atoms with Crippen LogP contribution >= 0.6 is 11.8 Å².